The van der Waals surface area contributed by atoms with Crippen molar-refractivity contribution in [3.8, 4) is 0 Å². The van der Waals surface area contributed by atoms with Crippen LogP contribution in [0.25, 0.3) is 0 Å². The number of hydrogen-bond acceptors (Lipinski definition) is 3. The van der Waals surface area contributed by atoms with Crippen molar-refractivity contribution >= 4 is 11.3 Å². The topological polar surface area (TPSA) is 24.9 Å². The molecule has 19 heavy (non-hydrogen) atoms. The van der Waals surface area contributed by atoms with Gasteiger partial charge in [0.15, 0.2) is 0 Å². The van der Waals surface area contributed by atoms with Gasteiger partial charge in [-0.25, -0.2) is 4.98 Å². The minimum Gasteiger partial charge on any atom is -0.308 e. The standard InChI is InChI=1S/C16H26N2S/c1-11-9-15(2,3)10-16(11,17-4)14-18-12-7-5-6-8-13(12)19-14/h11,17H,5-10H2,1-4H3. The maximum absolute atomic E-state index is 5.05. The lowest BCUT2D eigenvalue weighted by molar-refractivity contribution is 0.270. The largest absolute Gasteiger partial charge is 0.308 e. The zero-order valence-corrected chi connectivity index (χ0v) is 13.5. The molecule has 0 saturated heterocycles. The van der Waals surface area contributed by atoms with Crippen molar-refractivity contribution in [1.82, 2.24) is 10.3 Å². The van der Waals surface area contributed by atoms with E-state index in [2.05, 4.69) is 33.1 Å². The molecule has 0 aromatic carbocycles. The highest BCUT2D eigenvalue weighted by Crippen LogP contribution is 2.53. The van der Waals surface area contributed by atoms with E-state index in [-0.39, 0.29) is 5.54 Å². The van der Waals surface area contributed by atoms with Crippen LogP contribution in [0.5, 0.6) is 0 Å². The zero-order chi connectivity index (χ0) is 13.7. The molecule has 1 aromatic rings. The van der Waals surface area contributed by atoms with Crippen LogP contribution in [-0.4, -0.2) is 12.0 Å². The number of nitrogens with zero attached hydrogens (tertiary/aromatic N) is 1. The molecule has 0 radical (unpaired) electrons. The highest BCUT2D eigenvalue weighted by molar-refractivity contribution is 7.11. The van der Waals surface area contributed by atoms with E-state index in [4.69, 9.17) is 4.98 Å². The average molecular weight is 278 g/mol. The minimum atomic E-state index is 0.117. The van der Waals surface area contributed by atoms with Gasteiger partial charge in [0, 0.05) is 4.88 Å². The van der Waals surface area contributed by atoms with Gasteiger partial charge >= 0.3 is 0 Å². The van der Waals surface area contributed by atoms with Gasteiger partial charge in [-0.05, 0) is 56.9 Å². The van der Waals surface area contributed by atoms with Gasteiger partial charge in [-0.2, -0.15) is 0 Å². The van der Waals surface area contributed by atoms with Crippen molar-refractivity contribution in [3.05, 3.63) is 15.6 Å². The molecule has 1 fully saturated rings. The number of fused-ring (bicyclic) bond motifs is 1. The molecular weight excluding hydrogens is 252 g/mol. The smallest absolute Gasteiger partial charge is 0.114 e. The van der Waals surface area contributed by atoms with Crippen LogP contribution in [0, 0.1) is 11.3 Å². The molecule has 0 bridgehead atoms. The van der Waals surface area contributed by atoms with Gasteiger partial charge in [-0.15, -0.1) is 11.3 Å². The lowest BCUT2D eigenvalue weighted by Gasteiger charge is -2.32. The van der Waals surface area contributed by atoms with Crippen LogP contribution in [0.15, 0.2) is 0 Å². The molecule has 0 spiro atoms. The summed E-state index contributed by atoms with van der Waals surface area (Å²) in [6.45, 7) is 7.19. The Balaban J connectivity index is 2.00. The quantitative estimate of drug-likeness (QED) is 0.887. The normalized spacial score (nSPS) is 33.4. The van der Waals surface area contributed by atoms with Gasteiger partial charge < -0.3 is 5.32 Å². The summed E-state index contributed by atoms with van der Waals surface area (Å²) in [4.78, 5) is 6.61. The molecule has 1 N–H and O–H groups in total. The van der Waals surface area contributed by atoms with Gasteiger partial charge in [-0.1, -0.05) is 20.8 Å². The minimum absolute atomic E-state index is 0.117. The third kappa shape index (κ3) is 2.15. The van der Waals surface area contributed by atoms with Gasteiger partial charge in [0.1, 0.15) is 5.01 Å². The number of aryl methyl sites for hydroxylation is 2. The van der Waals surface area contributed by atoms with Crippen LogP contribution in [0.2, 0.25) is 0 Å². The lowest BCUT2D eigenvalue weighted by atomic mass is 9.87. The van der Waals surface area contributed by atoms with E-state index >= 15 is 0 Å². The third-order valence-corrected chi connectivity index (χ3v) is 6.47. The number of hydrogen-bond donors (Lipinski definition) is 1. The molecule has 1 aromatic heterocycles. The predicted molar refractivity (Wildman–Crippen MR) is 81.7 cm³/mol. The van der Waals surface area contributed by atoms with Crippen molar-refractivity contribution < 1.29 is 0 Å². The highest BCUT2D eigenvalue weighted by Gasteiger charge is 2.50. The van der Waals surface area contributed by atoms with Crippen LogP contribution in [0.1, 0.15) is 62.0 Å². The first-order valence-corrected chi connectivity index (χ1v) is 8.46. The second-order valence-corrected chi connectivity index (χ2v) is 8.35. The summed E-state index contributed by atoms with van der Waals surface area (Å²) in [6.07, 6.45) is 7.63. The summed E-state index contributed by atoms with van der Waals surface area (Å²) in [7, 11) is 2.12. The molecule has 3 rings (SSSR count). The van der Waals surface area contributed by atoms with Crippen molar-refractivity contribution in [2.24, 2.45) is 11.3 Å². The van der Waals surface area contributed by atoms with Crippen molar-refractivity contribution in [2.45, 2.75) is 64.8 Å². The van der Waals surface area contributed by atoms with Crippen molar-refractivity contribution in [1.29, 1.82) is 0 Å². The summed E-state index contributed by atoms with van der Waals surface area (Å²) in [5.41, 5.74) is 1.94. The van der Waals surface area contributed by atoms with E-state index in [1.165, 1.54) is 49.2 Å². The Bertz CT molecular complexity index is 454. The molecule has 2 unspecified atom stereocenters. The molecule has 2 atom stereocenters. The molecule has 1 saturated carbocycles. The lowest BCUT2D eigenvalue weighted by Crippen LogP contribution is -2.42. The van der Waals surface area contributed by atoms with E-state index < -0.39 is 0 Å². The first kappa shape index (κ1) is 13.6. The van der Waals surface area contributed by atoms with Gasteiger partial charge in [0.05, 0.1) is 11.2 Å². The number of nitrogens with one attached hydrogen (secondary N) is 1. The second kappa shape index (κ2) is 4.56. The van der Waals surface area contributed by atoms with Crippen LogP contribution >= 0.6 is 11.3 Å². The number of thiazole rings is 1. The Labute approximate surface area is 121 Å². The zero-order valence-electron chi connectivity index (χ0n) is 12.7. The first-order chi connectivity index (χ1) is 8.97. The molecule has 0 aliphatic heterocycles. The Morgan fingerprint density at radius 2 is 2.00 bits per heavy atom. The van der Waals surface area contributed by atoms with Crippen LogP contribution in [0.3, 0.4) is 0 Å². The van der Waals surface area contributed by atoms with E-state index in [1.54, 1.807) is 4.88 Å². The Kier molecular flexibility index (Phi) is 3.25. The average Bonchev–Trinajstić information content (AvgIpc) is 2.88. The molecular formula is C16H26N2S. The molecule has 2 aliphatic carbocycles. The monoisotopic (exact) mass is 278 g/mol. The highest BCUT2D eigenvalue weighted by atomic mass is 32.1. The maximum atomic E-state index is 5.05. The molecule has 2 nitrogen and oxygen atoms in total. The Morgan fingerprint density at radius 1 is 1.26 bits per heavy atom. The predicted octanol–water partition coefficient (Wildman–Crippen LogP) is 3.89. The van der Waals surface area contributed by atoms with Crippen LogP contribution in [0.4, 0.5) is 0 Å². The molecule has 3 heteroatoms. The van der Waals surface area contributed by atoms with Gasteiger partial charge in [0.2, 0.25) is 0 Å². The van der Waals surface area contributed by atoms with E-state index in [0.29, 0.717) is 11.3 Å². The van der Waals surface area contributed by atoms with Crippen molar-refractivity contribution in [3.63, 3.8) is 0 Å². The fraction of sp³-hybridized carbons (Fsp3) is 0.812. The summed E-state index contributed by atoms with van der Waals surface area (Å²) in [5, 5.41) is 5.02. The third-order valence-electron chi connectivity index (χ3n) is 5.13. The summed E-state index contributed by atoms with van der Waals surface area (Å²) >= 11 is 1.99. The fourth-order valence-corrected chi connectivity index (χ4v) is 5.73. The van der Waals surface area contributed by atoms with Crippen LogP contribution < -0.4 is 5.32 Å². The van der Waals surface area contributed by atoms with Crippen molar-refractivity contribution in [2.75, 3.05) is 7.05 Å². The fourth-order valence-electron chi connectivity index (χ4n) is 4.28. The van der Waals surface area contributed by atoms with Gasteiger partial charge in [0.25, 0.3) is 0 Å². The van der Waals surface area contributed by atoms with Gasteiger partial charge in [-0.3, -0.25) is 0 Å². The first-order valence-electron chi connectivity index (χ1n) is 7.65. The Morgan fingerprint density at radius 3 is 2.58 bits per heavy atom. The second-order valence-electron chi connectivity index (χ2n) is 7.26. The van der Waals surface area contributed by atoms with E-state index in [1.807, 2.05) is 11.3 Å². The summed E-state index contributed by atoms with van der Waals surface area (Å²) in [6, 6.07) is 0. The molecule has 1 heterocycles. The molecule has 106 valence electrons. The van der Waals surface area contributed by atoms with E-state index in [9.17, 15) is 0 Å². The summed E-state index contributed by atoms with van der Waals surface area (Å²) in [5.74, 6) is 0.667. The summed E-state index contributed by atoms with van der Waals surface area (Å²) < 4.78 is 0. The Hall–Kier alpha value is -0.410. The maximum Gasteiger partial charge on any atom is 0.114 e. The SMILES string of the molecule is CNC1(c2nc3c(s2)CCCC3)CC(C)(C)CC1C. The molecule has 0 amide bonds. The number of rotatable bonds is 2. The van der Waals surface area contributed by atoms with E-state index in [0.717, 1.165) is 0 Å². The molecule has 2 aliphatic rings. The number of aromatic nitrogens is 1. The van der Waals surface area contributed by atoms with Crippen LogP contribution in [-0.2, 0) is 18.4 Å².